The molecule has 17 heteroatoms. The lowest BCUT2D eigenvalue weighted by Gasteiger charge is -2.32. The molecule has 0 aromatic carbocycles. The Morgan fingerprint density at radius 3 is 1.26 bits per heavy atom. The van der Waals surface area contributed by atoms with Crippen LogP contribution in [0, 0.1) is 0 Å². The number of rotatable bonds is 20. The van der Waals surface area contributed by atoms with Crippen molar-refractivity contribution < 1.29 is 55.2 Å². The van der Waals surface area contributed by atoms with Crippen LogP contribution in [-0.4, -0.2) is 132 Å². The second kappa shape index (κ2) is 14.8. The van der Waals surface area contributed by atoms with Gasteiger partial charge < -0.3 is 39.9 Å². The minimum atomic E-state index is -4.11. The first-order valence-electron chi connectivity index (χ1n) is 9.36. The second-order valence-electron chi connectivity index (χ2n) is 7.14. The summed E-state index contributed by atoms with van der Waals surface area (Å²) in [5.41, 5.74) is -2.51. The molecule has 0 aromatic heterocycles. The monoisotopic (exact) mass is 514 g/mol. The van der Waals surface area contributed by atoms with Crippen molar-refractivity contribution in [3.63, 3.8) is 0 Å². The molecule has 0 atom stereocenters. The predicted molar refractivity (Wildman–Crippen MR) is 112 cm³/mol. The number of hydrogen-bond donors (Lipinski definition) is 8. The summed E-state index contributed by atoms with van der Waals surface area (Å²) in [4.78, 5) is 0. The molecule has 0 aliphatic heterocycles. The highest BCUT2D eigenvalue weighted by atomic mass is 32.2. The van der Waals surface area contributed by atoms with E-state index in [4.69, 9.17) is 18.0 Å². The van der Waals surface area contributed by atoms with Crippen molar-refractivity contribution in [1.82, 2.24) is 10.6 Å². The zero-order valence-electron chi connectivity index (χ0n) is 17.1. The zero-order chi connectivity index (χ0) is 24.0. The first-order valence-corrected chi connectivity index (χ1v) is 13.7. The van der Waals surface area contributed by atoms with Gasteiger partial charge in [-0.2, -0.15) is 16.8 Å². The van der Waals surface area contributed by atoms with E-state index in [-0.39, 0.29) is 39.1 Å². The Morgan fingerprint density at radius 2 is 1.00 bits per heavy atom. The summed E-state index contributed by atoms with van der Waals surface area (Å²) in [5.74, 6) is -0.958. The van der Waals surface area contributed by atoms with E-state index in [1.165, 1.54) is 0 Å². The van der Waals surface area contributed by atoms with Crippen molar-refractivity contribution in [2.45, 2.75) is 23.9 Å². The third kappa shape index (κ3) is 14.5. The highest BCUT2D eigenvalue weighted by Crippen LogP contribution is 2.07. The first-order chi connectivity index (χ1) is 14.4. The molecule has 8 N–H and O–H groups in total. The Hall–Kier alpha value is -0.283. The molecule has 188 valence electrons. The molecule has 0 rings (SSSR count). The lowest BCUT2D eigenvalue weighted by atomic mass is 10.0. The van der Waals surface area contributed by atoms with Gasteiger partial charge in [-0.05, 0) is 25.9 Å². The summed E-state index contributed by atoms with van der Waals surface area (Å²) in [6.07, 6.45) is 0.0978. The van der Waals surface area contributed by atoms with Gasteiger partial charge in [0.2, 0.25) is 0 Å². The fraction of sp³-hybridized carbons (Fsp3) is 1.00. The largest absolute Gasteiger partial charge is 0.397 e. The Balaban J connectivity index is 4.43. The summed E-state index contributed by atoms with van der Waals surface area (Å²) in [7, 11) is -9.91. The Labute approximate surface area is 184 Å². The summed E-state index contributed by atoms with van der Waals surface area (Å²) in [5, 5.41) is 43.7. The van der Waals surface area contributed by atoms with Crippen LogP contribution in [0.5, 0.6) is 0 Å². The van der Waals surface area contributed by atoms with Crippen LogP contribution in [0.3, 0.4) is 0 Å². The Morgan fingerprint density at radius 1 is 0.677 bits per heavy atom. The maximum atomic E-state index is 10.7. The average Bonchev–Trinajstić information content (AvgIpc) is 2.70. The van der Waals surface area contributed by atoms with Crippen molar-refractivity contribution >= 4 is 30.2 Å². The van der Waals surface area contributed by atoms with Crippen molar-refractivity contribution in [1.29, 1.82) is 0 Å². The molecule has 14 nitrogen and oxygen atoms in total. The molecule has 0 saturated heterocycles. The molecular formula is C14H34N2O12S2Si. The van der Waals surface area contributed by atoms with Gasteiger partial charge in [-0.3, -0.25) is 9.11 Å². The maximum Gasteiger partial charge on any atom is 0.304 e. The number of aliphatic hydroxyl groups is 4. The highest BCUT2D eigenvalue weighted by molar-refractivity contribution is 7.86. The van der Waals surface area contributed by atoms with E-state index in [2.05, 4.69) is 10.6 Å². The molecule has 0 aliphatic carbocycles. The Bertz CT molecular complexity index is 625. The van der Waals surface area contributed by atoms with Crippen LogP contribution >= 0.6 is 0 Å². The summed E-state index contributed by atoms with van der Waals surface area (Å²) >= 11 is 0. The first kappa shape index (κ1) is 30.7. The molecule has 0 fully saturated rings. The van der Waals surface area contributed by atoms with E-state index < -0.39 is 79.3 Å². The minimum absolute atomic E-state index is 0.0489. The molecule has 0 saturated carbocycles. The fourth-order valence-electron chi connectivity index (χ4n) is 2.36. The van der Waals surface area contributed by atoms with Crippen LogP contribution in [0.1, 0.15) is 12.8 Å². The van der Waals surface area contributed by atoms with E-state index in [0.29, 0.717) is 0 Å². The number of hydrogen-bond acceptors (Lipinski definition) is 12. The van der Waals surface area contributed by atoms with Gasteiger partial charge >= 0.3 is 10.0 Å². The average molecular weight is 515 g/mol. The number of nitrogens with one attached hydrogen (secondary N) is 2. The summed E-state index contributed by atoms with van der Waals surface area (Å²) < 4.78 is 71.0. The van der Waals surface area contributed by atoms with E-state index in [1.807, 2.05) is 0 Å². The molecule has 0 aliphatic rings. The van der Waals surface area contributed by atoms with Gasteiger partial charge in [0, 0.05) is 0 Å². The fourth-order valence-corrected chi connectivity index (χ4v) is 4.44. The molecule has 0 aromatic rings. The third-order valence-electron chi connectivity index (χ3n) is 4.29. The van der Waals surface area contributed by atoms with Crippen LogP contribution in [0.2, 0.25) is 0 Å². The predicted octanol–water partition coefficient (Wildman–Crippen LogP) is -4.80. The van der Waals surface area contributed by atoms with Gasteiger partial charge in [0.15, 0.2) is 0 Å². The lowest BCUT2D eigenvalue weighted by molar-refractivity contribution is 0.0276. The van der Waals surface area contributed by atoms with E-state index in [1.54, 1.807) is 0 Å². The normalized spacial score (nSPS) is 13.6. The van der Waals surface area contributed by atoms with Gasteiger partial charge in [0.05, 0.1) is 62.2 Å². The van der Waals surface area contributed by atoms with Crippen molar-refractivity contribution in [3.8, 4) is 0 Å². The molecule has 0 heterocycles. The van der Waals surface area contributed by atoms with E-state index in [0.717, 1.165) is 0 Å². The molecule has 0 unspecified atom stereocenters. The van der Waals surface area contributed by atoms with E-state index >= 15 is 0 Å². The zero-order valence-corrected chi connectivity index (χ0v) is 20.2. The standard InChI is InChI=1S/C14H34N2O12S2Si/c17-7-13(8-18,15-3-1-5-29(21,22)23)11-27-31-28-12-14(9-19,10-20)16-4-2-6-30(24,25)26/h15-20H,1-12,31H2,(H,21,22,23)(H,24,25,26). The maximum absolute atomic E-state index is 10.7. The quantitative estimate of drug-likeness (QED) is 0.0433. The lowest BCUT2D eigenvalue weighted by Crippen LogP contribution is -2.57. The van der Waals surface area contributed by atoms with Gasteiger partial charge in [0.1, 0.15) is 0 Å². The van der Waals surface area contributed by atoms with Crippen LogP contribution in [-0.2, 0) is 29.1 Å². The molecule has 0 amide bonds. The third-order valence-corrected chi connectivity index (χ3v) is 6.64. The van der Waals surface area contributed by atoms with Gasteiger partial charge in [0.25, 0.3) is 20.2 Å². The SMILES string of the molecule is O=S(=O)(O)CCCNC(CO)(CO)CO[SiH2]OCC(CO)(CO)NCCCS(=O)(=O)O. The topological polar surface area (TPSA) is 232 Å². The number of aliphatic hydroxyl groups excluding tert-OH is 4. The Kier molecular flexibility index (Phi) is 14.6. The van der Waals surface area contributed by atoms with Crippen LogP contribution in [0.25, 0.3) is 0 Å². The van der Waals surface area contributed by atoms with Gasteiger partial charge in [-0.1, -0.05) is 0 Å². The minimum Gasteiger partial charge on any atom is -0.397 e. The van der Waals surface area contributed by atoms with Crippen molar-refractivity contribution in [3.05, 3.63) is 0 Å². The van der Waals surface area contributed by atoms with Crippen LogP contribution in [0.4, 0.5) is 0 Å². The van der Waals surface area contributed by atoms with Crippen molar-refractivity contribution in [2.75, 3.05) is 64.2 Å². The summed E-state index contributed by atoms with van der Waals surface area (Å²) in [6.45, 7) is -2.23. The molecule has 0 bridgehead atoms. The van der Waals surface area contributed by atoms with Crippen molar-refractivity contribution in [2.24, 2.45) is 0 Å². The second-order valence-corrected chi connectivity index (χ2v) is 11.3. The van der Waals surface area contributed by atoms with Crippen LogP contribution < -0.4 is 10.6 Å². The summed E-state index contributed by atoms with van der Waals surface area (Å²) in [6, 6.07) is 0. The van der Waals surface area contributed by atoms with Gasteiger partial charge in [-0.15, -0.1) is 0 Å². The molecule has 0 spiro atoms. The van der Waals surface area contributed by atoms with E-state index in [9.17, 15) is 37.3 Å². The van der Waals surface area contributed by atoms with Crippen LogP contribution in [0.15, 0.2) is 0 Å². The molecular weight excluding hydrogens is 480 g/mol. The highest BCUT2D eigenvalue weighted by Gasteiger charge is 2.30. The molecule has 0 radical (unpaired) electrons. The smallest absolute Gasteiger partial charge is 0.304 e. The van der Waals surface area contributed by atoms with Gasteiger partial charge in [-0.25, -0.2) is 0 Å². The molecule has 31 heavy (non-hydrogen) atoms.